The van der Waals surface area contributed by atoms with E-state index in [0.29, 0.717) is 12.1 Å². The summed E-state index contributed by atoms with van der Waals surface area (Å²) in [5, 5.41) is 0. The summed E-state index contributed by atoms with van der Waals surface area (Å²) < 4.78 is 0. The fourth-order valence-electron chi connectivity index (χ4n) is 1.27. The molecule has 0 saturated carbocycles. The SMILES string of the molecule is CC(C)(C)C(=O)/C=C(/N)Cc1ccccc1. The lowest BCUT2D eigenvalue weighted by molar-refractivity contribution is -0.121. The van der Waals surface area contributed by atoms with E-state index in [2.05, 4.69) is 0 Å². The molecule has 16 heavy (non-hydrogen) atoms. The molecule has 1 aromatic carbocycles. The average molecular weight is 217 g/mol. The van der Waals surface area contributed by atoms with Crippen molar-refractivity contribution in [2.45, 2.75) is 27.2 Å². The van der Waals surface area contributed by atoms with Gasteiger partial charge in [0.2, 0.25) is 0 Å². The summed E-state index contributed by atoms with van der Waals surface area (Å²) in [4.78, 5) is 11.7. The van der Waals surface area contributed by atoms with Crippen LogP contribution in [0.4, 0.5) is 0 Å². The van der Waals surface area contributed by atoms with Crippen LogP contribution in [0.15, 0.2) is 42.1 Å². The van der Waals surface area contributed by atoms with E-state index in [1.165, 1.54) is 0 Å². The molecule has 0 amide bonds. The van der Waals surface area contributed by atoms with Gasteiger partial charge in [-0.25, -0.2) is 0 Å². The van der Waals surface area contributed by atoms with E-state index >= 15 is 0 Å². The molecule has 0 aliphatic carbocycles. The van der Waals surface area contributed by atoms with Crippen molar-refractivity contribution in [3.05, 3.63) is 47.7 Å². The highest BCUT2D eigenvalue weighted by atomic mass is 16.1. The fourth-order valence-corrected chi connectivity index (χ4v) is 1.27. The lowest BCUT2D eigenvalue weighted by Gasteiger charge is -2.14. The average Bonchev–Trinajstić information content (AvgIpc) is 2.17. The Morgan fingerprint density at radius 3 is 2.31 bits per heavy atom. The number of carbonyl (C=O) groups is 1. The van der Waals surface area contributed by atoms with Crippen LogP contribution in [-0.4, -0.2) is 5.78 Å². The molecular weight excluding hydrogens is 198 g/mol. The number of hydrogen-bond donors (Lipinski definition) is 1. The maximum atomic E-state index is 11.7. The van der Waals surface area contributed by atoms with Crippen LogP contribution >= 0.6 is 0 Å². The monoisotopic (exact) mass is 217 g/mol. The Hall–Kier alpha value is -1.57. The van der Waals surface area contributed by atoms with Crippen molar-refractivity contribution in [2.24, 2.45) is 11.1 Å². The molecule has 0 heterocycles. The first kappa shape index (κ1) is 12.5. The Morgan fingerprint density at radius 2 is 1.81 bits per heavy atom. The van der Waals surface area contributed by atoms with E-state index in [-0.39, 0.29) is 11.2 Å². The quantitative estimate of drug-likeness (QED) is 0.791. The van der Waals surface area contributed by atoms with Gasteiger partial charge in [0.15, 0.2) is 5.78 Å². The number of ketones is 1. The molecular formula is C14H19NO. The number of allylic oxidation sites excluding steroid dienone is 2. The molecule has 86 valence electrons. The van der Waals surface area contributed by atoms with E-state index < -0.39 is 0 Å². The van der Waals surface area contributed by atoms with Gasteiger partial charge in [-0.1, -0.05) is 51.1 Å². The minimum atomic E-state index is -0.360. The van der Waals surface area contributed by atoms with E-state index in [1.54, 1.807) is 6.08 Å². The van der Waals surface area contributed by atoms with Gasteiger partial charge in [0.25, 0.3) is 0 Å². The highest BCUT2D eigenvalue weighted by Gasteiger charge is 2.18. The second-order valence-electron chi connectivity index (χ2n) is 5.00. The molecule has 2 nitrogen and oxygen atoms in total. The number of hydrogen-bond acceptors (Lipinski definition) is 2. The van der Waals surface area contributed by atoms with Crippen molar-refractivity contribution in [1.82, 2.24) is 0 Å². The molecule has 0 saturated heterocycles. The first-order valence-electron chi connectivity index (χ1n) is 5.44. The third-order valence-corrected chi connectivity index (χ3v) is 2.31. The van der Waals surface area contributed by atoms with E-state index in [9.17, 15) is 4.79 Å². The highest BCUT2D eigenvalue weighted by molar-refractivity contribution is 5.94. The third kappa shape index (κ3) is 3.89. The van der Waals surface area contributed by atoms with Gasteiger partial charge in [-0.05, 0) is 5.56 Å². The van der Waals surface area contributed by atoms with Crippen molar-refractivity contribution < 1.29 is 4.79 Å². The molecule has 0 bridgehead atoms. The molecule has 0 aliphatic heterocycles. The van der Waals surface area contributed by atoms with Crippen molar-refractivity contribution in [1.29, 1.82) is 0 Å². The molecule has 0 aromatic heterocycles. The maximum Gasteiger partial charge on any atom is 0.162 e. The first-order chi connectivity index (χ1) is 7.39. The second kappa shape index (κ2) is 4.97. The van der Waals surface area contributed by atoms with Crippen LogP contribution in [0, 0.1) is 5.41 Å². The van der Waals surface area contributed by atoms with Crippen molar-refractivity contribution in [3.8, 4) is 0 Å². The molecule has 0 radical (unpaired) electrons. The van der Waals surface area contributed by atoms with Crippen LogP contribution in [0.3, 0.4) is 0 Å². The molecule has 0 unspecified atom stereocenters. The maximum absolute atomic E-state index is 11.7. The summed E-state index contributed by atoms with van der Waals surface area (Å²) in [6, 6.07) is 9.90. The molecule has 1 rings (SSSR count). The molecule has 2 N–H and O–H groups in total. The Balaban J connectivity index is 2.70. The van der Waals surface area contributed by atoms with Crippen LogP contribution in [0.5, 0.6) is 0 Å². The van der Waals surface area contributed by atoms with E-state index in [1.807, 2.05) is 51.1 Å². The first-order valence-corrected chi connectivity index (χ1v) is 5.44. The van der Waals surface area contributed by atoms with Crippen LogP contribution in [0.1, 0.15) is 26.3 Å². The summed E-state index contributed by atoms with van der Waals surface area (Å²) in [5.41, 5.74) is 7.22. The topological polar surface area (TPSA) is 43.1 Å². The van der Waals surface area contributed by atoms with Crippen LogP contribution in [0.25, 0.3) is 0 Å². The number of carbonyl (C=O) groups excluding carboxylic acids is 1. The normalized spacial score (nSPS) is 12.6. The molecule has 0 spiro atoms. The third-order valence-electron chi connectivity index (χ3n) is 2.31. The highest BCUT2D eigenvalue weighted by Crippen LogP contribution is 2.16. The number of nitrogens with two attached hydrogens (primary N) is 1. The second-order valence-corrected chi connectivity index (χ2v) is 5.00. The Morgan fingerprint density at radius 1 is 1.25 bits per heavy atom. The van der Waals surface area contributed by atoms with E-state index in [0.717, 1.165) is 5.56 Å². The van der Waals surface area contributed by atoms with Crippen molar-refractivity contribution in [3.63, 3.8) is 0 Å². The van der Waals surface area contributed by atoms with Crippen LogP contribution in [0.2, 0.25) is 0 Å². The minimum Gasteiger partial charge on any atom is -0.402 e. The van der Waals surface area contributed by atoms with E-state index in [4.69, 9.17) is 5.73 Å². The predicted octanol–water partition coefficient (Wildman–Crippen LogP) is 2.69. The Labute approximate surface area is 97.2 Å². The van der Waals surface area contributed by atoms with Crippen LogP contribution in [-0.2, 0) is 11.2 Å². The van der Waals surface area contributed by atoms with Crippen molar-refractivity contribution >= 4 is 5.78 Å². The fraction of sp³-hybridized carbons (Fsp3) is 0.357. The Bertz CT molecular complexity index is 385. The van der Waals surface area contributed by atoms with Gasteiger partial charge >= 0.3 is 0 Å². The molecule has 0 atom stereocenters. The zero-order valence-corrected chi connectivity index (χ0v) is 10.2. The summed E-state index contributed by atoms with van der Waals surface area (Å²) in [6.45, 7) is 5.67. The van der Waals surface area contributed by atoms with Crippen LogP contribution < -0.4 is 5.73 Å². The zero-order valence-electron chi connectivity index (χ0n) is 10.2. The lowest BCUT2D eigenvalue weighted by Crippen LogP contribution is -2.19. The standard InChI is InChI=1S/C14H19NO/c1-14(2,3)13(16)10-12(15)9-11-7-5-4-6-8-11/h4-8,10H,9,15H2,1-3H3/b12-10+. The Kier molecular flexibility index (Phi) is 3.88. The van der Waals surface area contributed by atoms with Gasteiger partial charge < -0.3 is 5.73 Å². The molecule has 2 heteroatoms. The summed E-state index contributed by atoms with van der Waals surface area (Å²) in [5.74, 6) is 0.0703. The minimum absolute atomic E-state index is 0.0703. The summed E-state index contributed by atoms with van der Waals surface area (Å²) >= 11 is 0. The number of rotatable bonds is 3. The summed E-state index contributed by atoms with van der Waals surface area (Å²) in [6.07, 6.45) is 2.18. The largest absolute Gasteiger partial charge is 0.402 e. The lowest BCUT2D eigenvalue weighted by atomic mass is 9.90. The molecule has 0 aliphatic rings. The van der Waals surface area contributed by atoms with Crippen molar-refractivity contribution in [2.75, 3.05) is 0 Å². The predicted molar refractivity (Wildman–Crippen MR) is 66.9 cm³/mol. The zero-order chi connectivity index (χ0) is 12.2. The molecule has 1 aromatic rings. The van der Waals surface area contributed by atoms with Gasteiger partial charge in [-0.2, -0.15) is 0 Å². The molecule has 0 fully saturated rings. The van der Waals surface area contributed by atoms with Gasteiger partial charge in [0.1, 0.15) is 0 Å². The van der Waals surface area contributed by atoms with Gasteiger partial charge in [0.05, 0.1) is 0 Å². The number of benzene rings is 1. The van der Waals surface area contributed by atoms with Gasteiger partial charge in [0, 0.05) is 23.6 Å². The van der Waals surface area contributed by atoms with Gasteiger partial charge in [-0.15, -0.1) is 0 Å². The van der Waals surface area contributed by atoms with Gasteiger partial charge in [-0.3, -0.25) is 4.79 Å². The summed E-state index contributed by atoms with van der Waals surface area (Å²) in [7, 11) is 0. The smallest absolute Gasteiger partial charge is 0.162 e.